The molecule has 0 atom stereocenters. The molecule has 0 saturated heterocycles. The third-order valence-electron chi connectivity index (χ3n) is 4.61. The maximum atomic E-state index is 3.71. The van der Waals surface area contributed by atoms with Gasteiger partial charge in [-0.1, -0.05) is 18.6 Å². The first kappa shape index (κ1) is 12.8. The largest absolute Gasteiger partial charge is 0.383 e. The summed E-state index contributed by atoms with van der Waals surface area (Å²) in [4.78, 5) is 0. The molecule has 0 aromatic carbocycles. The Morgan fingerprint density at radius 1 is 0.947 bits per heavy atom. The van der Waals surface area contributed by atoms with Gasteiger partial charge in [0.1, 0.15) is 0 Å². The lowest BCUT2D eigenvalue weighted by Crippen LogP contribution is -2.11. The first-order valence-electron chi connectivity index (χ1n) is 7.97. The van der Waals surface area contributed by atoms with Gasteiger partial charge >= 0.3 is 0 Å². The molecule has 104 valence electrons. The summed E-state index contributed by atoms with van der Waals surface area (Å²) in [5.74, 6) is 0. The Morgan fingerprint density at radius 2 is 1.79 bits per heavy atom. The standard InChI is InChI=1S/C17H26N2/c1-14-15-10-6-3-2-4-9-13-19(15)16-11-7-5-8-12-18-17(14)16/h2,4,18H,3,5-13H2,1H3/b4-2-. The fraction of sp³-hybridized carbons (Fsp3) is 0.647. The van der Waals surface area contributed by atoms with Crippen molar-refractivity contribution in [2.45, 2.75) is 64.8 Å². The van der Waals surface area contributed by atoms with Gasteiger partial charge in [0.05, 0.1) is 5.69 Å². The number of anilines is 1. The molecule has 1 aromatic rings. The Labute approximate surface area is 116 Å². The molecule has 0 radical (unpaired) electrons. The van der Waals surface area contributed by atoms with E-state index >= 15 is 0 Å². The SMILES string of the molecule is Cc1c2c(n3c1CCC/C=C\CC3)CCCCCN2. The monoisotopic (exact) mass is 258 g/mol. The van der Waals surface area contributed by atoms with Crippen LogP contribution in [0.1, 0.15) is 55.5 Å². The molecular weight excluding hydrogens is 232 g/mol. The minimum atomic E-state index is 1.15. The number of nitrogens with zero attached hydrogens (tertiary/aromatic N) is 1. The van der Waals surface area contributed by atoms with E-state index in [0.717, 1.165) is 6.54 Å². The highest BCUT2D eigenvalue weighted by Gasteiger charge is 2.20. The highest BCUT2D eigenvalue weighted by atomic mass is 15.0. The van der Waals surface area contributed by atoms with Gasteiger partial charge in [-0.15, -0.1) is 0 Å². The molecule has 19 heavy (non-hydrogen) atoms. The molecule has 1 N–H and O–H groups in total. The van der Waals surface area contributed by atoms with E-state index in [4.69, 9.17) is 0 Å². The Hall–Kier alpha value is -1.18. The summed E-state index contributed by atoms with van der Waals surface area (Å²) in [6.45, 7) is 4.64. The number of hydrogen-bond donors (Lipinski definition) is 1. The van der Waals surface area contributed by atoms with Crippen molar-refractivity contribution in [3.63, 3.8) is 0 Å². The van der Waals surface area contributed by atoms with Gasteiger partial charge in [-0.05, 0) is 57.4 Å². The molecule has 3 rings (SSSR count). The lowest BCUT2D eigenvalue weighted by Gasteiger charge is -2.16. The highest BCUT2D eigenvalue weighted by molar-refractivity contribution is 5.59. The van der Waals surface area contributed by atoms with Gasteiger partial charge in [0, 0.05) is 24.5 Å². The minimum absolute atomic E-state index is 1.15. The third kappa shape index (κ3) is 2.58. The van der Waals surface area contributed by atoms with Crippen molar-refractivity contribution in [2.75, 3.05) is 11.9 Å². The fourth-order valence-corrected chi connectivity index (χ4v) is 3.58. The van der Waals surface area contributed by atoms with Gasteiger partial charge in [0.2, 0.25) is 0 Å². The Balaban J connectivity index is 2.01. The fourth-order valence-electron chi connectivity index (χ4n) is 3.58. The number of aromatic nitrogens is 1. The molecule has 1 aromatic heterocycles. The summed E-state index contributed by atoms with van der Waals surface area (Å²) in [7, 11) is 0. The lowest BCUT2D eigenvalue weighted by molar-refractivity contribution is 0.603. The number of hydrogen-bond acceptors (Lipinski definition) is 1. The van der Waals surface area contributed by atoms with Crippen LogP contribution >= 0.6 is 0 Å². The summed E-state index contributed by atoms with van der Waals surface area (Å²) >= 11 is 0. The lowest BCUT2D eigenvalue weighted by atomic mass is 10.1. The molecule has 0 fully saturated rings. The van der Waals surface area contributed by atoms with Crippen LogP contribution in [0.3, 0.4) is 0 Å². The predicted octanol–water partition coefficient (Wildman–Crippen LogP) is 4.22. The van der Waals surface area contributed by atoms with Gasteiger partial charge in [-0.3, -0.25) is 0 Å². The van der Waals surface area contributed by atoms with Crippen LogP contribution in [-0.4, -0.2) is 11.1 Å². The zero-order valence-corrected chi connectivity index (χ0v) is 12.2. The Bertz CT molecular complexity index is 468. The van der Waals surface area contributed by atoms with Crippen molar-refractivity contribution in [1.29, 1.82) is 0 Å². The molecule has 0 spiro atoms. The van der Waals surface area contributed by atoms with E-state index in [2.05, 4.69) is 29.0 Å². The van der Waals surface area contributed by atoms with Crippen molar-refractivity contribution in [2.24, 2.45) is 0 Å². The van der Waals surface area contributed by atoms with Crippen molar-refractivity contribution in [3.05, 3.63) is 29.1 Å². The van der Waals surface area contributed by atoms with Crippen LogP contribution in [0.15, 0.2) is 12.2 Å². The molecule has 2 heteroatoms. The number of allylic oxidation sites excluding steroid dienone is 2. The summed E-state index contributed by atoms with van der Waals surface area (Å²) in [6.07, 6.45) is 15.0. The van der Waals surface area contributed by atoms with Crippen LogP contribution in [0.2, 0.25) is 0 Å². The van der Waals surface area contributed by atoms with Crippen LogP contribution in [0.4, 0.5) is 5.69 Å². The summed E-state index contributed by atoms with van der Waals surface area (Å²) in [5, 5.41) is 3.71. The van der Waals surface area contributed by atoms with Gasteiger partial charge in [0.15, 0.2) is 0 Å². The quantitative estimate of drug-likeness (QED) is 0.690. The maximum absolute atomic E-state index is 3.71. The summed E-state index contributed by atoms with van der Waals surface area (Å²) in [6, 6.07) is 0. The van der Waals surface area contributed by atoms with E-state index in [1.165, 1.54) is 69.2 Å². The van der Waals surface area contributed by atoms with E-state index in [-0.39, 0.29) is 0 Å². The van der Waals surface area contributed by atoms with Crippen LogP contribution in [0, 0.1) is 6.92 Å². The molecule has 0 bridgehead atoms. The molecule has 3 heterocycles. The molecule has 0 aliphatic carbocycles. The zero-order valence-electron chi connectivity index (χ0n) is 12.2. The number of rotatable bonds is 0. The van der Waals surface area contributed by atoms with Crippen LogP contribution in [-0.2, 0) is 19.4 Å². The number of nitrogens with one attached hydrogen (secondary N) is 1. The Kier molecular flexibility index (Phi) is 3.95. The van der Waals surface area contributed by atoms with Crippen molar-refractivity contribution >= 4 is 5.69 Å². The van der Waals surface area contributed by atoms with Gasteiger partial charge in [0.25, 0.3) is 0 Å². The molecule has 2 nitrogen and oxygen atoms in total. The average molecular weight is 258 g/mol. The maximum Gasteiger partial charge on any atom is 0.0585 e. The molecule has 2 aliphatic heterocycles. The van der Waals surface area contributed by atoms with E-state index in [1.807, 2.05) is 0 Å². The summed E-state index contributed by atoms with van der Waals surface area (Å²) in [5.41, 5.74) is 6.18. The number of fused-ring (bicyclic) bond motifs is 3. The van der Waals surface area contributed by atoms with E-state index < -0.39 is 0 Å². The molecule has 0 saturated carbocycles. The smallest absolute Gasteiger partial charge is 0.0585 e. The van der Waals surface area contributed by atoms with Gasteiger partial charge < -0.3 is 9.88 Å². The zero-order chi connectivity index (χ0) is 13.1. The molecule has 2 aliphatic rings. The highest BCUT2D eigenvalue weighted by Crippen LogP contribution is 2.32. The molecule has 0 amide bonds. The topological polar surface area (TPSA) is 17.0 Å². The van der Waals surface area contributed by atoms with E-state index in [1.54, 1.807) is 11.4 Å². The second-order valence-corrected chi connectivity index (χ2v) is 5.93. The predicted molar refractivity (Wildman–Crippen MR) is 81.9 cm³/mol. The second kappa shape index (κ2) is 5.85. The molecule has 0 unspecified atom stereocenters. The third-order valence-corrected chi connectivity index (χ3v) is 4.61. The first-order chi connectivity index (χ1) is 9.38. The second-order valence-electron chi connectivity index (χ2n) is 5.93. The molecular formula is C17H26N2. The van der Waals surface area contributed by atoms with Crippen molar-refractivity contribution < 1.29 is 0 Å². The van der Waals surface area contributed by atoms with Crippen molar-refractivity contribution in [1.82, 2.24) is 4.57 Å². The minimum Gasteiger partial charge on any atom is -0.383 e. The first-order valence-corrected chi connectivity index (χ1v) is 7.97. The van der Waals surface area contributed by atoms with Gasteiger partial charge in [-0.2, -0.15) is 0 Å². The van der Waals surface area contributed by atoms with Crippen molar-refractivity contribution in [3.8, 4) is 0 Å². The average Bonchev–Trinajstić information content (AvgIpc) is 2.67. The summed E-state index contributed by atoms with van der Waals surface area (Å²) < 4.78 is 2.64. The van der Waals surface area contributed by atoms with Crippen LogP contribution < -0.4 is 5.32 Å². The Morgan fingerprint density at radius 3 is 2.74 bits per heavy atom. The van der Waals surface area contributed by atoms with E-state index in [9.17, 15) is 0 Å². The van der Waals surface area contributed by atoms with Gasteiger partial charge in [-0.25, -0.2) is 0 Å². The normalized spacial score (nSPS) is 21.7. The van der Waals surface area contributed by atoms with Crippen LogP contribution in [0.25, 0.3) is 0 Å². The van der Waals surface area contributed by atoms with E-state index in [0.29, 0.717) is 0 Å². The van der Waals surface area contributed by atoms with Crippen LogP contribution in [0.5, 0.6) is 0 Å².